The molecule has 0 aromatic heterocycles. The van der Waals surface area contributed by atoms with E-state index in [-0.39, 0.29) is 16.4 Å². The van der Waals surface area contributed by atoms with E-state index in [1.807, 2.05) is 19.9 Å². The largest absolute Gasteiger partial charge is 0.444 e. The Balaban J connectivity index is 2.29. The van der Waals surface area contributed by atoms with Crippen molar-refractivity contribution >= 4 is 21.7 Å². The van der Waals surface area contributed by atoms with Crippen LogP contribution < -0.4 is 0 Å². The van der Waals surface area contributed by atoms with Crippen molar-refractivity contribution in [2.75, 3.05) is 19.3 Å². The van der Waals surface area contributed by atoms with Crippen molar-refractivity contribution in [2.24, 2.45) is 0 Å². The summed E-state index contributed by atoms with van der Waals surface area (Å²) in [5.41, 5.74) is 0.756. The lowest BCUT2D eigenvalue weighted by Crippen LogP contribution is -2.36. The fraction of sp³-hybridized carbons (Fsp3) is 0.300. The predicted molar refractivity (Wildman–Crippen MR) is 102 cm³/mol. The van der Waals surface area contributed by atoms with E-state index in [0.717, 1.165) is 6.26 Å². The third-order valence-corrected chi connectivity index (χ3v) is 5.27. The average molecular weight is 389 g/mol. The van der Waals surface area contributed by atoms with Crippen molar-refractivity contribution in [3.05, 3.63) is 65.7 Å². The van der Waals surface area contributed by atoms with E-state index >= 15 is 0 Å². The molecule has 0 aliphatic heterocycles. The number of hydrogen-bond donors (Lipinski definition) is 0. The zero-order valence-electron chi connectivity index (χ0n) is 15.6. The van der Waals surface area contributed by atoms with E-state index in [1.165, 1.54) is 24.3 Å². The highest BCUT2D eigenvalue weighted by molar-refractivity contribution is 7.90. The maximum Gasteiger partial charge on any atom is 0.339 e. The number of likely N-dealkylation sites (N-methyl/N-ethyl adjacent to an activating group) is 1. The molecule has 0 bridgehead atoms. The van der Waals surface area contributed by atoms with Gasteiger partial charge in [-0.2, -0.15) is 0 Å². The second-order valence-electron chi connectivity index (χ2n) is 6.00. The minimum Gasteiger partial charge on any atom is -0.444 e. The van der Waals surface area contributed by atoms with Crippen LogP contribution in [0.3, 0.4) is 0 Å². The van der Waals surface area contributed by atoms with Crippen LogP contribution in [0, 0.1) is 0 Å². The lowest BCUT2D eigenvalue weighted by atomic mass is 10.1. The first kappa shape index (κ1) is 20.6. The normalized spacial score (nSPS) is 12.3. The quantitative estimate of drug-likeness (QED) is 0.680. The molecule has 7 heteroatoms. The van der Waals surface area contributed by atoms with Gasteiger partial charge in [0.15, 0.2) is 9.84 Å². The monoisotopic (exact) mass is 389 g/mol. The molecule has 0 aliphatic rings. The van der Waals surface area contributed by atoms with Gasteiger partial charge < -0.3 is 9.64 Å². The van der Waals surface area contributed by atoms with Gasteiger partial charge in [0, 0.05) is 24.9 Å². The van der Waals surface area contributed by atoms with Crippen molar-refractivity contribution < 1.29 is 22.7 Å². The van der Waals surface area contributed by atoms with Crippen LogP contribution >= 0.6 is 0 Å². The third kappa shape index (κ3) is 5.17. The molecule has 1 atom stereocenters. The number of hydrogen-bond acceptors (Lipinski definition) is 5. The predicted octanol–water partition coefficient (Wildman–Crippen LogP) is 2.86. The molecule has 0 saturated carbocycles. The standard InChI is InChI=1S/C20H23NO5S/c1-4-21(5-2)19(22)18(15-9-7-6-8-10-15)26-20(23)16-11-13-17(14-12-16)27(3,24)25/h6-14,18H,4-5H2,1-3H3. The van der Waals surface area contributed by atoms with Crippen molar-refractivity contribution in [3.63, 3.8) is 0 Å². The highest BCUT2D eigenvalue weighted by atomic mass is 32.2. The average Bonchev–Trinajstić information content (AvgIpc) is 2.67. The van der Waals surface area contributed by atoms with Gasteiger partial charge in [0.05, 0.1) is 10.5 Å². The van der Waals surface area contributed by atoms with Crippen LogP contribution in [0.4, 0.5) is 0 Å². The Morgan fingerprint density at radius 1 is 0.963 bits per heavy atom. The van der Waals surface area contributed by atoms with Gasteiger partial charge in [-0.1, -0.05) is 30.3 Å². The Hall–Kier alpha value is -2.67. The van der Waals surface area contributed by atoms with Crippen LogP contribution in [0.15, 0.2) is 59.5 Å². The van der Waals surface area contributed by atoms with Crippen LogP contribution in [0.2, 0.25) is 0 Å². The number of benzene rings is 2. The molecule has 2 aromatic carbocycles. The molecule has 0 spiro atoms. The van der Waals surface area contributed by atoms with E-state index < -0.39 is 21.9 Å². The van der Waals surface area contributed by atoms with Crippen LogP contribution in [0.25, 0.3) is 0 Å². The fourth-order valence-corrected chi connectivity index (χ4v) is 3.23. The number of nitrogens with zero attached hydrogens (tertiary/aromatic N) is 1. The minimum absolute atomic E-state index is 0.109. The summed E-state index contributed by atoms with van der Waals surface area (Å²) in [4.78, 5) is 27.1. The first-order chi connectivity index (χ1) is 12.8. The van der Waals surface area contributed by atoms with Gasteiger partial charge in [-0.05, 0) is 38.1 Å². The lowest BCUT2D eigenvalue weighted by Gasteiger charge is -2.25. The fourth-order valence-electron chi connectivity index (χ4n) is 2.60. The van der Waals surface area contributed by atoms with E-state index in [4.69, 9.17) is 4.74 Å². The number of amides is 1. The summed E-state index contributed by atoms with van der Waals surface area (Å²) in [7, 11) is -3.36. The summed E-state index contributed by atoms with van der Waals surface area (Å²) in [5, 5.41) is 0. The summed E-state index contributed by atoms with van der Waals surface area (Å²) in [6.45, 7) is 4.71. The van der Waals surface area contributed by atoms with Gasteiger partial charge in [-0.3, -0.25) is 4.79 Å². The van der Waals surface area contributed by atoms with Crippen molar-refractivity contribution in [3.8, 4) is 0 Å². The summed E-state index contributed by atoms with van der Waals surface area (Å²) < 4.78 is 28.6. The molecule has 1 unspecified atom stereocenters. The molecule has 0 aliphatic carbocycles. The number of carbonyl (C=O) groups is 2. The van der Waals surface area contributed by atoms with Crippen LogP contribution in [-0.4, -0.2) is 44.5 Å². The number of carbonyl (C=O) groups excluding carboxylic acids is 2. The molecule has 144 valence electrons. The molecule has 0 N–H and O–H groups in total. The highest BCUT2D eigenvalue weighted by Crippen LogP contribution is 2.22. The number of sulfone groups is 1. The number of ether oxygens (including phenoxy) is 1. The van der Waals surface area contributed by atoms with Crippen LogP contribution in [0.5, 0.6) is 0 Å². The Bertz CT molecular complexity index is 888. The van der Waals surface area contributed by atoms with Gasteiger partial charge >= 0.3 is 5.97 Å². The second kappa shape index (κ2) is 8.81. The second-order valence-corrected chi connectivity index (χ2v) is 8.02. The summed E-state index contributed by atoms with van der Waals surface area (Å²) in [6.07, 6.45) is 0.0299. The van der Waals surface area contributed by atoms with Gasteiger partial charge in [0.2, 0.25) is 6.10 Å². The minimum atomic E-state index is -3.36. The Morgan fingerprint density at radius 3 is 2.00 bits per heavy atom. The SMILES string of the molecule is CCN(CC)C(=O)C(OC(=O)c1ccc(S(C)(=O)=O)cc1)c1ccccc1. The van der Waals surface area contributed by atoms with Crippen molar-refractivity contribution in [1.82, 2.24) is 4.90 Å². The molecule has 2 rings (SSSR count). The van der Waals surface area contributed by atoms with Gasteiger partial charge in [0.25, 0.3) is 5.91 Å². The summed E-state index contributed by atoms with van der Waals surface area (Å²) >= 11 is 0. The summed E-state index contributed by atoms with van der Waals surface area (Å²) in [5.74, 6) is -0.989. The molecule has 0 saturated heterocycles. The highest BCUT2D eigenvalue weighted by Gasteiger charge is 2.28. The molecular formula is C20H23NO5S. The van der Waals surface area contributed by atoms with Crippen molar-refractivity contribution in [1.29, 1.82) is 0 Å². The van der Waals surface area contributed by atoms with Crippen LogP contribution in [-0.2, 0) is 19.4 Å². The lowest BCUT2D eigenvalue weighted by molar-refractivity contribution is -0.140. The molecule has 0 heterocycles. The molecule has 6 nitrogen and oxygen atoms in total. The zero-order chi connectivity index (χ0) is 20.0. The number of esters is 1. The molecule has 1 amide bonds. The van der Waals surface area contributed by atoms with E-state index in [1.54, 1.807) is 29.2 Å². The van der Waals surface area contributed by atoms with E-state index in [0.29, 0.717) is 18.7 Å². The Kier molecular flexibility index (Phi) is 6.74. The summed E-state index contributed by atoms with van der Waals surface area (Å²) in [6, 6.07) is 14.3. The topological polar surface area (TPSA) is 80.8 Å². The van der Waals surface area contributed by atoms with Gasteiger partial charge in [0.1, 0.15) is 0 Å². The van der Waals surface area contributed by atoms with Gasteiger partial charge in [-0.25, -0.2) is 13.2 Å². The third-order valence-electron chi connectivity index (χ3n) is 4.14. The first-order valence-electron chi connectivity index (χ1n) is 8.62. The van der Waals surface area contributed by atoms with Gasteiger partial charge in [-0.15, -0.1) is 0 Å². The van der Waals surface area contributed by atoms with E-state index in [9.17, 15) is 18.0 Å². The number of rotatable bonds is 7. The molecule has 0 fully saturated rings. The Labute approximate surface area is 159 Å². The zero-order valence-corrected chi connectivity index (χ0v) is 16.4. The molecule has 0 radical (unpaired) electrons. The molecular weight excluding hydrogens is 366 g/mol. The van der Waals surface area contributed by atoms with Crippen molar-refractivity contribution in [2.45, 2.75) is 24.8 Å². The molecule has 27 heavy (non-hydrogen) atoms. The van der Waals surface area contributed by atoms with E-state index in [2.05, 4.69) is 0 Å². The Morgan fingerprint density at radius 2 is 1.52 bits per heavy atom. The first-order valence-corrected chi connectivity index (χ1v) is 10.5. The smallest absolute Gasteiger partial charge is 0.339 e. The van der Waals surface area contributed by atoms with Crippen LogP contribution in [0.1, 0.15) is 35.9 Å². The maximum absolute atomic E-state index is 12.8. The maximum atomic E-state index is 12.8. The molecule has 2 aromatic rings.